The van der Waals surface area contributed by atoms with E-state index in [1.807, 2.05) is 47.4 Å². The number of aromatic nitrogens is 4. The van der Waals surface area contributed by atoms with E-state index in [1.165, 1.54) is 0 Å². The molecular formula is C31H24ClN5O4. The van der Waals surface area contributed by atoms with Crippen molar-refractivity contribution >= 4 is 39.3 Å². The normalized spacial score (nSPS) is 15.2. The first-order chi connectivity index (χ1) is 20.0. The largest absolute Gasteiger partial charge is 0.508 e. The Morgan fingerprint density at radius 1 is 1.07 bits per heavy atom. The van der Waals surface area contributed by atoms with Crippen LogP contribution in [0, 0.1) is 0 Å². The first-order valence-corrected chi connectivity index (χ1v) is 13.6. The number of nitrogens with zero attached hydrogens (tertiary/aromatic N) is 4. The predicted octanol–water partition coefficient (Wildman–Crippen LogP) is 6.78. The number of H-pyrrole nitrogens is 1. The Labute approximate surface area is 239 Å². The Morgan fingerprint density at radius 3 is 2.80 bits per heavy atom. The number of halogens is 1. The molecule has 0 radical (unpaired) electrons. The molecule has 6 aromatic rings. The standard InChI is InChI=1S/C31H24ClN5O4/c1-40-25-9-3-7-20-21(25)15-27(32)36-28(20)31(39)37-12-4-8-24(37)29-34-22-11-10-17(14-23(22)35-29)26-16-33-30(41-26)18-5-2-6-19(38)13-18/h2-3,5-7,9-11,13-16,24,38H,4,8,12H2,1H3,(H,34,35)/t24-/m0/s1. The van der Waals surface area contributed by atoms with Crippen molar-refractivity contribution in [3.63, 3.8) is 0 Å². The number of pyridine rings is 1. The first-order valence-electron chi connectivity index (χ1n) is 13.2. The van der Waals surface area contributed by atoms with Crippen molar-refractivity contribution < 1.29 is 19.1 Å². The third-order valence-corrected chi connectivity index (χ3v) is 7.63. The Bertz CT molecular complexity index is 1950. The molecule has 10 heteroatoms. The molecule has 9 nitrogen and oxygen atoms in total. The number of aromatic hydroxyl groups is 1. The zero-order valence-corrected chi connectivity index (χ0v) is 22.7. The van der Waals surface area contributed by atoms with E-state index in [1.54, 1.807) is 37.6 Å². The second kappa shape index (κ2) is 9.94. The van der Waals surface area contributed by atoms with Gasteiger partial charge in [-0.3, -0.25) is 4.79 Å². The predicted molar refractivity (Wildman–Crippen MR) is 155 cm³/mol. The summed E-state index contributed by atoms with van der Waals surface area (Å²) in [5.74, 6) is 2.30. The minimum atomic E-state index is -0.234. The van der Waals surface area contributed by atoms with Gasteiger partial charge >= 0.3 is 0 Å². The van der Waals surface area contributed by atoms with Gasteiger partial charge in [0.25, 0.3) is 5.91 Å². The van der Waals surface area contributed by atoms with Crippen LogP contribution in [-0.2, 0) is 0 Å². The van der Waals surface area contributed by atoms with Crippen molar-refractivity contribution in [1.29, 1.82) is 0 Å². The zero-order valence-electron chi connectivity index (χ0n) is 22.0. The highest BCUT2D eigenvalue weighted by Gasteiger charge is 2.34. The fourth-order valence-corrected chi connectivity index (χ4v) is 5.70. The lowest BCUT2D eigenvalue weighted by molar-refractivity contribution is 0.0727. The van der Waals surface area contributed by atoms with Crippen molar-refractivity contribution in [3.8, 4) is 34.3 Å². The van der Waals surface area contributed by atoms with Gasteiger partial charge in [-0.1, -0.05) is 29.8 Å². The van der Waals surface area contributed by atoms with Crippen LogP contribution in [0.1, 0.15) is 35.2 Å². The molecule has 0 spiro atoms. The minimum Gasteiger partial charge on any atom is -0.508 e. The maximum Gasteiger partial charge on any atom is 0.273 e. The highest BCUT2D eigenvalue weighted by atomic mass is 35.5. The van der Waals surface area contributed by atoms with Crippen molar-refractivity contribution in [1.82, 2.24) is 24.8 Å². The van der Waals surface area contributed by atoms with E-state index in [0.717, 1.165) is 34.8 Å². The number of nitrogens with one attached hydrogen (secondary N) is 1. The van der Waals surface area contributed by atoms with Crippen LogP contribution in [0.15, 0.2) is 77.3 Å². The van der Waals surface area contributed by atoms with Gasteiger partial charge in [0.2, 0.25) is 5.89 Å². The highest BCUT2D eigenvalue weighted by Crippen LogP contribution is 2.36. The second-order valence-electron chi connectivity index (χ2n) is 9.94. The molecule has 1 saturated heterocycles. The van der Waals surface area contributed by atoms with Crippen LogP contribution in [0.25, 0.3) is 44.6 Å². The number of imidazole rings is 1. The fourth-order valence-electron chi connectivity index (χ4n) is 5.51. The summed E-state index contributed by atoms with van der Waals surface area (Å²) in [5.41, 5.74) is 3.42. The van der Waals surface area contributed by atoms with Gasteiger partial charge in [0.15, 0.2) is 5.76 Å². The van der Waals surface area contributed by atoms with Crippen LogP contribution in [-0.4, -0.2) is 49.5 Å². The van der Waals surface area contributed by atoms with Crippen LogP contribution in [0.5, 0.6) is 11.5 Å². The quantitative estimate of drug-likeness (QED) is 0.221. The summed E-state index contributed by atoms with van der Waals surface area (Å²) in [6.07, 6.45) is 3.28. The van der Waals surface area contributed by atoms with Crippen molar-refractivity contribution in [2.45, 2.75) is 18.9 Å². The van der Waals surface area contributed by atoms with Crippen LogP contribution >= 0.6 is 11.6 Å². The number of hydrogen-bond donors (Lipinski definition) is 2. The SMILES string of the molecule is COc1cccc2c(C(=O)N3CCC[C@H]3c3nc4ccc(-c5cnc(-c6cccc(O)c6)o5)cc4[nH]3)nc(Cl)cc12. The summed E-state index contributed by atoms with van der Waals surface area (Å²) in [4.78, 5) is 32.8. The number of ether oxygens (including phenoxy) is 1. The lowest BCUT2D eigenvalue weighted by Crippen LogP contribution is -2.32. The number of phenols is 1. The average Bonchev–Trinajstić information content (AvgIpc) is 3.75. The van der Waals surface area contributed by atoms with E-state index in [2.05, 4.69) is 15.0 Å². The summed E-state index contributed by atoms with van der Waals surface area (Å²) in [5, 5.41) is 11.5. The number of hydrogen-bond acceptors (Lipinski definition) is 7. The summed E-state index contributed by atoms with van der Waals surface area (Å²) in [6.45, 7) is 0.585. The number of carbonyl (C=O) groups excluding carboxylic acids is 1. The molecule has 4 heterocycles. The number of amides is 1. The summed E-state index contributed by atoms with van der Waals surface area (Å²) in [7, 11) is 1.59. The smallest absolute Gasteiger partial charge is 0.273 e. The summed E-state index contributed by atoms with van der Waals surface area (Å²) < 4.78 is 11.5. The molecule has 0 bridgehead atoms. The van der Waals surface area contributed by atoms with Crippen LogP contribution in [0.3, 0.4) is 0 Å². The molecule has 2 N–H and O–H groups in total. The lowest BCUT2D eigenvalue weighted by atomic mass is 10.1. The number of rotatable bonds is 5. The zero-order chi connectivity index (χ0) is 28.1. The van der Waals surface area contributed by atoms with Crippen molar-refractivity contribution in [3.05, 3.63) is 89.6 Å². The molecule has 7 rings (SSSR count). The molecule has 1 aliphatic heterocycles. The molecule has 1 amide bonds. The number of likely N-dealkylation sites (tertiary alicyclic amines) is 1. The molecule has 0 aliphatic carbocycles. The van der Waals surface area contributed by atoms with E-state index in [4.69, 9.17) is 25.7 Å². The maximum atomic E-state index is 13.9. The molecular weight excluding hydrogens is 542 g/mol. The molecule has 1 aliphatic rings. The second-order valence-corrected chi connectivity index (χ2v) is 10.3. The van der Waals surface area contributed by atoms with E-state index < -0.39 is 0 Å². The molecule has 3 aromatic heterocycles. The Hall–Kier alpha value is -4.89. The van der Waals surface area contributed by atoms with Crippen LogP contribution < -0.4 is 4.74 Å². The van der Waals surface area contributed by atoms with Gasteiger partial charge in [-0.05, 0) is 61.4 Å². The molecule has 1 fully saturated rings. The Kier molecular flexibility index (Phi) is 6.09. The molecule has 1 atom stereocenters. The van der Waals surface area contributed by atoms with Crippen molar-refractivity contribution in [2.24, 2.45) is 0 Å². The number of aromatic amines is 1. The molecule has 204 valence electrons. The van der Waals surface area contributed by atoms with Gasteiger partial charge < -0.3 is 24.1 Å². The summed E-state index contributed by atoms with van der Waals surface area (Å²) >= 11 is 6.34. The number of fused-ring (bicyclic) bond motifs is 2. The van der Waals surface area contributed by atoms with E-state index in [-0.39, 0.29) is 22.9 Å². The van der Waals surface area contributed by atoms with E-state index in [0.29, 0.717) is 46.4 Å². The fraction of sp³-hybridized carbons (Fsp3) is 0.161. The van der Waals surface area contributed by atoms with Crippen LogP contribution in [0.2, 0.25) is 5.15 Å². The van der Waals surface area contributed by atoms with Gasteiger partial charge in [-0.2, -0.15) is 0 Å². The van der Waals surface area contributed by atoms with Gasteiger partial charge in [0.1, 0.15) is 28.2 Å². The number of carbonyl (C=O) groups is 1. The van der Waals surface area contributed by atoms with Crippen molar-refractivity contribution in [2.75, 3.05) is 13.7 Å². The molecule has 41 heavy (non-hydrogen) atoms. The number of methoxy groups -OCH3 is 1. The first kappa shape index (κ1) is 25.1. The lowest BCUT2D eigenvalue weighted by Gasteiger charge is -2.23. The Morgan fingerprint density at radius 2 is 1.95 bits per heavy atom. The summed E-state index contributed by atoms with van der Waals surface area (Å²) in [6, 6.07) is 19.6. The van der Waals surface area contributed by atoms with Gasteiger partial charge in [0, 0.05) is 28.4 Å². The van der Waals surface area contributed by atoms with Gasteiger partial charge in [-0.25, -0.2) is 15.0 Å². The van der Waals surface area contributed by atoms with Gasteiger partial charge in [-0.15, -0.1) is 0 Å². The molecule has 3 aromatic carbocycles. The number of benzene rings is 3. The molecule has 0 unspecified atom stereocenters. The Balaban J connectivity index is 1.20. The van der Waals surface area contributed by atoms with Gasteiger partial charge in [0.05, 0.1) is 30.4 Å². The third-order valence-electron chi connectivity index (χ3n) is 7.44. The minimum absolute atomic E-state index is 0.146. The monoisotopic (exact) mass is 565 g/mol. The maximum absolute atomic E-state index is 13.9. The average molecular weight is 566 g/mol. The van der Waals surface area contributed by atoms with Crippen LogP contribution in [0.4, 0.5) is 0 Å². The highest BCUT2D eigenvalue weighted by molar-refractivity contribution is 6.30. The van der Waals surface area contributed by atoms with E-state index in [9.17, 15) is 9.90 Å². The topological polar surface area (TPSA) is 117 Å². The molecule has 0 saturated carbocycles. The number of oxazole rings is 1. The third kappa shape index (κ3) is 4.44. The number of phenolic OH excluding ortho intramolecular Hbond substituents is 1. The van der Waals surface area contributed by atoms with E-state index >= 15 is 0 Å².